The van der Waals surface area contributed by atoms with Gasteiger partial charge in [-0.3, -0.25) is 4.79 Å². The molecule has 1 heterocycles. The van der Waals surface area contributed by atoms with Gasteiger partial charge >= 0.3 is 6.03 Å². The number of rotatable bonds is 9. The van der Waals surface area contributed by atoms with Crippen LogP contribution in [-0.4, -0.2) is 45.4 Å². The van der Waals surface area contributed by atoms with Crippen LogP contribution in [0.1, 0.15) is 50.4 Å². The Kier molecular flexibility index (Phi) is 8.51. The van der Waals surface area contributed by atoms with Gasteiger partial charge < -0.3 is 19.7 Å². The summed E-state index contributed by atoms with van der Waals surface area (Å²) in [6.07, 6.45) is 3.93. The predicted molar refractivity (Wildman–Crippen MR) is 123 cm³/mol. The molecule has 0 fully saturated rings. The van der Waals surface area contributed by atoms with E-state index >= 15 is 0 Å². The van der Waals surface area contributed by atoms with Crippen LogP contribution in [-0.2, 0) is 18.4 Å². The number of aryl methyl sites for hydroxylation is 3. The smallest absolute Gasteiger partial charge is 0.322 e. The third-order valence-electron chi connectivity index (χ3n) is 5.35. The highest BCUT2D eigenvalue weighted by atomic mass is 16.2. The van der Waals surface area contributed by atoms with Crippen LogP contribution in [0.3, 0.4) is 0 Å². The summed E-state index contributed by atoms with van der Waals surface area (Å²) in [5.41, 5.74) is 4.01. The Hall–Kier alpha value is -2.76. The lowest BCUT2D eigenvalue weighted by molar-refractivity contribution is -0.132. The number of amides is 3. The molecule has 0 aliphatic carbocycles. The summed E-state index contributed by atoms with van der Waals surface area (Å²) < 4.78 is 2.03. The van der Waals surface area contributed by atoms with Gasteiger partial charge in [0.25, 0.3) is 0 Å². The zero-order chi connectivity index (χ0) is 22.3. The maximum absolute atomic E-state index is 13.2. The number of anilines is 1. The molecule has 3 amide bonds. The second kappa shape index (κ2) is 10.9. The summed E-state index contributed by atoms with van der Waals surface area (Å²) in [7, 11) is 1.98. The van der Waals surface area contributed by atoms with Crippen molar-refractivity contribution in [3.63, 3.8) is 0 Å². The molecule has 1 aromatic heterocycles. The van der Waals surface area contributed by atoms with Crippen LogP contribution in [0, 0.1) is 13.8 Å². The lowest BCUT2D eigenvalue weighted by Crippen LogP contribution is -2.47. The molecule has 0 bridgehead atoms. The second-order valence-electron chi connectivity index (χ2n) is 8.25. The fraction of sp³-hybridized carbons (Fsp3) is 0.500. The molecule has 0 radical (unpaired) electrons. The van der Waals surface area contributed by atoms with Crippen molar-refractivity contribution in [2.24, 2.45) is 7.05 Å². The summed E-state index contributed by atoms with van der Waals surface area (Å²) in [4.78, 5) is 29.6. The van der Waals surface area contributed by atoms with Crippen molar-refractivity contribution in [3.8, 4) is 0 Å². The first-order chi connectivity index (χ1) is 14.2. The van der Waals surface area contributed by atoms with Crippen molar-refractivity contribution in [1.29, 1.82) is 0 Å². The van der Waals surface area contributed by atoms with Crippen molar-refractivity contribution < 1.29 is 9.59 Å². The van der Waals surface area contributed by atoms with Crippen LogP contribution in [0.2, 0.25) is 0 Å². The molecule has 1 aromatic carbocycles. The Bertz CT molecular complexity index is 857. The molecule has 0 saturated heterocycles. The fourth-order valence-electron chi connectivity index (χ4n) is 3.37. The largest absolute Gasteiger partial charge is 0.353 e. The summed E-state index contributed by atoms with van der Waals surface area (Å²) in [6.45, 7) is 11.3. The molecule has 0 aliphatic heterocycles. The maximum Gasteiger partial charge on any atom is 0.322 e. The van der Waals surface area contributed by atoms with Gasteiger partial charge in [0.1, 0.15) is 6.54 Å². The van der Waals surface area contributed by atoms with E-state index in [0.717, 1.165) is 35.3 Å². The lowest BCUT2D eigenvalue weighted by atomic mass is 10.1. The highest BCUT2D eigenvalue weighted by Crippen LogP contribution is 2.17. The number of hydrogen-bond acceptors (Lipinski definition) is 2. The molecular formula is C24H36N4O2. The number of nitrogens with zero attached hydrogens (tertiary/aromatic N) is 3. The highest BCUT2D eigenvalue weighted by Gasteiger charge is 2.24. The van der Waals surface area contributed by atoms with Gasteiger partial charge in [-0.05, 0) is 57.9 Å². The van der Waals surface area contributed by atoms with E-state index in [1.165, 1.54) is 0 Å². The van der Waals surface area contributed by atoms with Crippen LogP contribution in [0.5, 0.6) is 0 Å². The van der Waals surface area contributed by atoms with Gasteiger partial charge in [0.2, 0.25) is 5.91 Å². The Labute approximate surface area is 180 Å². The highest BCUT2D eigenvalue weighted by molar-refractivity contribution is 5.93. The Balaban J connectivity index is 2.12. The lowest BCUT2D eigenvalue weighted by Gasteiger charge is -2.30. The van der Waals surface area contributed by atoms with Gasteiger partial charge in [0, 0.05) is 37.2 Å². The molecular weight excluding hydrogens is 376 g/mol. The summed E-state index contributed by atoms with van der Waals surface area (Å²) >= 11 is 0. The van der Waals surface area contributed by atoms with E-state index in [0.29, 0.717) is 13.1 Å². The van der Waals surface area contributed by atoms with Crippen molar-refractivity contribution in [2.45, 2.75) is 60.0 Å². The molecule has 2 aromatic rings. The zero-order valence-corrected chi connectivity index (χ0v) is 19.2. The molecule has 0 atom stereocenters. The third kappa shape index (κ3) is 6.37. The minimum absolute atomic E-state index is 0.0332. The number of benzene rings is 1. The Morgan fingerprint density at radius 3 is 2.47 bits per heavy atom. The standard InChI is InChI=1S/C24H36N4O2/c1-7-8-14-27(16-21-10-9-13-26(21)6)23(29)17-28(18(2)3)24(30)25-22-12-11-19(4)15-20(22)5/h9-13,15,18H,7-8,14,16-17H2,1-6H3,(H,25,30). The summed E-state index contributed by atoms with van der Waals surface area (Å²) in [5, 5.41) is 2.97. The number of carbonyl (C=O) groups excluding carboxylic acids is 2. The van der Waals surface area contributed by atoms with E-state index in [4.69, 9.17) is 0 Å². The summed E-state index contributed by atoms with van der Waals surface area (Å²) in [5.74, 6) is -0.0332. The first kappa shape index (κ1) is 23.5. The van der Waals surface area contributed by atoms with Crippen molar-refractivity contribution in [2.75, 3.05) is 18.4 Å². The molecule has 0 unspecified atom stereocenters. The van der Waals surface area contributed by atoms with Crippen LogP contribution < -0.4 is 5.32 Å². The van der Waals surface area contributed by atoms with E-state index in [1.54, 1.807) is 4.90 Å². The van der Waals surface area contributed by atoms with Crippen molar-refractivity contribution >= 4 is 17.6 Å². The second-order valence-corrected chi connectivity index (χ2v) is 8.25. The summed E-state index contributed by atoms with van der Waals surface area (Å²) in [6, 6.07) is 9.58. The quantitative estimate of drug-likeness (QED) is 0.648. The van der Waals surface area contributed by atoms with Crippen molar-refractivity contribution in [3.05, 3.63) is 53.3 Å². The molecule has 0 saturated carbocycles. The van der Waals surface area contributed by atoms with Crippen LogP contribution in [0.25, 0.3) is 0 Å². The SMILES string of the molecule is CCCCN(Cc1cccn1C)C(=O)CN(C(=O)Nc1ccc(C)cc1C)C(C)C. The molecule has 0 aliphatic rings. The van der Waals surface area contributed by atoms with Crippen LogP contribution in [0.4, 0.5) is 10.5 Å². The number of aromatic nitrogens is 1. The first-order valence-corrected chi connectivity index (χ1v) is 10.8. The van der Waals surface area contributed by atoms with Crippen LogP contribution in [0.15, 0.2) is 36.5 Å². The molecule has 6 heteroatoms. The molecule has 2 rings (SSSR count). The van der Waals surface area contributed by atoms with E-state index in [-0.39, 0.29) is 24.5 Å². The fourth-order valence-corrected chi connectivity index (χ4v) is 3.37. The van der Waals surface area contributed by atoms with Gasteiger partial charge in [0.05, 0.1) is 6.54 Å². The average molecular weight is 413 g/mol. The van der Waals surface area contributed by atoms with E-state index in [9.17, 15) is 9.59 Å². The van der Waals surface area contributed by atoms with Gasteiger partial charge in [-0.15, -0.1) is 0 Å². The molecule has 164 valence electrons. The topological polar surface area (TPSA) is 57.6 Å². The first-order valence-electron chi connectivity index (χ1n) is 10.8. The van der Waals surface area contributed by atoms with Crippen LogP contribution >= 0.6 is 0 Å². The number of hydrogen-bond donors (Lipinski definition) is 1. The minimum atomic E-state index is -0.250. The zero-order valence-electron chi connectivity index (χ0n) is 19.2. The number of unbranched alkanes of at least 4 members (excludes halogenated alkanes) is 1. The van der Waals surface area contributed by atoms with E-state index < -0.39 is 0 Å². The van der Waals surface area contributed by atoms with E-state index in [1.807, 2.05) is 80.7 Å². The number of urea groups is 1. The molecule has 0 spiro atoms. The van der Waals surface area contributed by atoms with E-state index in [2.05, 4.69) is 12.2 Å². The van der Waals surface area contributed by atoms with Gasteiger partial charge in [0.15, 0.2) is 0 Å². The van der Waals surface area contributed by atoms with Gasteiger partial charge in [-0.2, -0.15) is 0 Å². The minimum Gasteiger partial charge on any atom is -0.353 e. The predicted octanol–water partition coefficient (Wildman–Crippen LogP) is 4.71. The monoisotopic (exact) mass is 412 g/mol. The van der Waals surface area contributed by atoms with Gasteiger partial charge in [-0.1, -0.05) is 31.0 Å². The molecule has 6 nitrogen and oxygen atoms in total. The Morgan fingerprint density at radius 1 is 1.17 bits per heavy atom. The Morgan fingerprint density at radius 2 is 1.90 bits per heavy atom. The molecule has 30 heavy (non-hydrogen) atoms. The van der Waals surface area contributed by atoms with Crippen molar-refractivity contribution in [1.82, 2.24) is 14.4 Å². The van der Waals surface area contributed by atoms with Gasteiger partial charge in [-0.25, -0.2) is 4.79 Å². The maximum atomic E-state index is 13.2. The number of carbonyl (C=O) groups is 2. The number of nitrogens with one attached hydrogen (secondary N) is 1. The normalized spacial score (nSPS) is 10.9. The third-order valence-corrected chi connectivity index (χ3v) is 5.35. The molecule has 1 N–H and O–H groups in total. The average Bonchev–Trinajstić information content (AvgIpc) is 3.09.